The highest BCUT2D eigenvalue weighted by Gasteiger charge is 2.13. The van der Waals surface area contributed by atoms with E-state index in [2.05, 4.69) is 73.5 Å². The van der Waals surface area contributed by atoms with Gasteiger partial charge < -0.3 is 4.57 Å². The van der Waals surface area contributed by atoms with Gasteiger partial charge in [0.05, 0.1) is 0 Å². The van der Waals surface area contributed by atoms with Crippen LogP contribution in [0.2, 0.25) is 0 Å². The number of hydrogen-bond acceptors (Lipinski definition) is 2. The quantitative estimate of drug-likeness (QED) is 0.607. The maximum Gasteiger partial charge on any atom is 0.0494 e. The Balaban J connectivity index is 2.45. The summed E-state index contributed by atoms with van der Waals surface area (Å²) in [6.07, 6.45) is 4.30. The van der Waals surface area contributed by atoms with Crippen LogP contribution < -0.4 is 0 Å². The molecule has 0 radical (unpaired) electrons. The minimum atomic E-state index is 1.29. The van der Waals surface area contributed by atoms with Crippen molar-refractivity contribution in [2.24, 2.45) is 7.05 Å². The third-order valence-electron chi connectivity index (χ3n) is 4.02. The van der Waals surface area contributed by atoms with Crippen LogP contribution in [0.15, 0.2) is 46.7 Å². The monoisotopic (exact) mass is 313 g/mol. The summed E-state index contributed by atoms with van der Waals surface area (Å²) < 4.78 is 3.68. The van der Waals surface area contributed by atoms with Crippen molar-refractivity contribution < 1.29 is 0 Å². The highest BCUT2D eigenvalue weighted by atomic mass is 32.2. The number of aryl methyl sites for hydroxylation is 1. The molecule has 1 heterocycles. The van der Waals surface area contributed by atoms with E-state index in [-0.39, 0.29) is 0 Å². The lowest BCUT2D eigenvalue weighted by Crippen LogP contribution is -1.88. The Labute approximate surface area is 134 Å². The van der Waals surface area contributed by atoms with Crippen LogP contribution in [0.5, 0.6) is 0 Å². The van der Waals surface area contributed by atoms with Crippen LogP contribution in [-0.4, -0.2) is 17.1 Å². The lowest BCUT2D eigenvalue weighted by molar-refractivity contribution is 1.01. The van der Waals surface area contributed by atoms with Gasteiger partial charge >= 0.3 is 0 Å². The maximum absolute atomic E-state index is 2.29. The molecule has 0 unspecified atom stereocenters. The van der Waals surface area contributed by atoms with Crippen LogP contribution >= 0.6 is 23.5 Å². The molecular weight excluding hydrogens is 294 g/mol. The van der Waals surface area contributed by atoms with Gasteiger partial charge in [0.1, 0.15) is 0 Å². The minimum absolute atomic E-state index is 1.29. The molecule has 0 N–H and O–H groups in total. The number of thioether (sulfide) groups is 2. The fourth-order valence-corrected chi connectivity index (χ4v) is 4.52. The van der Waals surface area contributed by atoms with E-state index in [1.54, 1.807) is 0 Å². The van der Waals surface area contributed by atoms with Gasteiger partial charge in [-0.1, -0.05) is 30.3 Å². The molecule has 2 aromatic carbocycles. The first kappa shape index (κ1) is 14.6. The Morgan fingerprint density at radius 1 is 0.905 bits per heavy atom. The molecule has 1 aromatic heterocycles. The molecule has 0 atom stereocenters. The minimum Gasteiger partial charge on any atom is -0.344 e. The summed E-state index contributed by atoms with van der Waals surface area (Å²) in [6, 6.07) is 15.3. The average molecular weight is 313 g/mol. The molecule has 21 heavy (non-hydrogen) atoms. The van der Waals surface area contributed by atoms with E-state index in [0.29, 0.717) is 0 Å². The van der Waals surface area contributed by atoms with Crippen molar-refractivity contribution in [3.05, 3.63) is 52.3 Å². The number of fused-ring (bicyclic) bond motifs is 3. The van der Waals surface area contributed by atoms with Gasteiger partial charge in [-0.15, -0.1) is 23.5 Å². The summed E-state index contributed by atoms with van der Waals surface area (Å²) >= 11 is 3.66. The van der Waals surface area contributed by atoms with Crippen molar-refractivity contribution in [3.63, 3.8) is 0 Å². The van der Waals surface area contributed by atoms with Gasteiger partial charge in [-0.3, -0.25) is 0 Å². The zero-order valence-corrected chi connectivity index (χ0v) is 14.4. The number of hydrogen-bond donors (Lipinski definition) is 0. The van der Waals surface area contributed by atoms with Crippen molar-refractivity contribution >= 4 is 50.9 Å². The highest BCUT2D eigenvalue weighted by molar-refractivity contribution is 8.21. The summed E-state index contributed by atoms with van der Waals surface area (Å²) in [7, 11) is 2.15. The topological polar surface area (TPSA) is 4.93 Å². The molecule has 0 saturated heterocycles. The predicted molar refractivity (Wildman–Crippen MR) is 100 cm³/mol. The third-order valence-corrected chi connectivity index (χ3v) is 6.37. The number of rotatable bonds is 3. The van der Waals surface area contributed by atoms with E-state index in [1.165, 1.54) is 37.2 Å². The Hall–Kier alpha value is -1.32. The molecule has 3 aromatic rings. The van der Waals surface area contributed by atoms with Crippen LogP contribution in [0.4, 0.5) is 0 Å². The number of benzene rings is 2. The molecule has 0 spiro atoms. The second-order valence-electron chi connectivity index (χ2n) is 5.10. The van der Waals surface area contributed by atoms with E-state index in [0.717, 1.165) is 0 Å². The van der Waals surface area contributed by atoms with Gasteiger partial charge in [0, 0.05) is 33.1 Å². The summed E-state index contributed by atoms with van der Waals surface area (Å²) in [5, 5.41) is 2.71. The number of para-hydroxylation sites is 1. The van der Waals surface area contributed by atoms with Gasteiger partial charge in [0.15, 0.2) is 0 Å². The zero-order chi connectivity index (χ0) is 15.0. The van der Waals surface area contributed by atoms with E-state index in [9.17, 15) is 0 Å². The highest BCUT2D eigenvalue weighted by Crippen LogP contribution is 2.38. The van der Waals surface area contributed by atoms with Crippen molar-refractivity contribution in [2.45, 2.75) is 6.92 Å². The standard InChI is InChI=1S/C18H19NS2/c1-12(18(20-3)21-4)13-9-7-11-16-17(13)14-8-5-6-10-15(14)19(16)2/h5-11H,1-4H3. The second kappa shape index (κ2) is 5.82. The van der Waals surface area contributed by atoms with Crippen molar-refractivity contribution in [1.82, 2.24) is 4.57 Å². The fourth-order valence-electron chi connectivity index (χ4n) is 3.02. The molecule has 3 rings (SSSR count). The van der Waals surface area contributed by atoms with Crippen LogP contribution in [0.25, 0.3) is 27.4 Å². The summed E-state index contributed by atoms with van der Waals surface area (Å²) in [5.41, 5.74) is 5.32. The summed E-state index contributed by atoms with van der Waals surface area (Å²) in [6.45, 7) is 2.24. The Kier molecular flexibility index (Phi) is 4.05. The van der Waals surface area contributed by atoms with Gasteiger partial charge in [-0.2, -0.15) is 0 Å². The van der Waals surface area contributed by atoms with E-state index < -0.39 is 0 Å². The van der Waals surface area contributed by atoms with E-state index in [1.807, 2.05) is 23.5 Å². The van der Waals surface area contributed by atoms with Crippen LogP contribution in [0.1, 0.15) is 12.5 Å². The second-order valence-corrected chi connectivity index (χ2v) is 6.99. The Bertz CT molecular complexity index is 837. The van der Waals surface area contributed by atoms with Crippen molar-refractivity contribution in [3.8, 4) is 0 Å². The van der Waals surface area contributed by atoms with Gasteiger partial charge in [0.2, 0.25) is 0 Å². The largest absolute Gasteiger partial charge is 0.344 e. The molecule has 3 heteroatoms. The summed E-state index contributed by atoms with van der Waals surface area (Å²) in [4.78, 5) is 0. The SMILES string of the molecule is CSC(SC)=C(C)c1cccc2c1c1ccccc1n2C. The van der Waals surface area contributed by atoms with Crippen LogP contribution in [0, 0.1) is 0 Å². The number of allylic oxidation sites excluding steroid dienone is 1. The van der Waals surface area contributed by atoms with Gasteiger partial charge in [0.25, 0.3) is 0 Å². The fraction of sp³-hybridized carbons (Fsp3) is 0.222. The lowest BCUT2D eigenvalue weighted by Gasteiger charge is -2.10. The molecule has 0 fully saturated rings. The molecule has 108 valence electrons. The molecule has 0 amide bonds. The molecule has 0 aliphatic heterocycles. The smallest absolute Gasteiger partial charge is 0.0494 e. The molecule has 0 aliphatic carbocycles. The first-order valence-electron chi connectivity index (χ1n) is 6.94. The predicted octanol–water partition coefficient (Wildman–Crippen LogP) is 5.75. The normalized spacial score (nSPS) is 11.2. The third kappa shape index (κ3) is 2.29. The van der Waals surface area contributed by atoms with Gasteiger partial charge in [-0.25, -0.2) is 0 Å². The molecular formula is C18H19NS2. The molecule has 0 aliphatic rings. The molecule has 0 saturated carbocycles. The average Bonchev–Trinajstić information content (AvgIpc) is 2.82. The van der Waals surface area contributed by atoms with Crippen LogP contribution in [-0.2, 0) is 7.05 Å². The van der Waals surface area contributed by atoms with Crippen molar-refractivity contribution in [2.75, 3.05) is 12.5 Å². The Morgan fingerprint density at radius 2 is 1.57 bits per heavy atom. The van der Waals surface area contributed by atoms with Gasteiger partial charge in [-0.05, 0) is 42.7 Å². The first-order chi connectivity index (χ1) is 10.2. The van der Waals surface area contributed by atoms with E-state index >= 15 is 0 Å². The Morgan fingerprint density at radius 3 is 2.29 bits per heavy atom. The molecule has 0 bridgehead atoms. The first-order valence-corrected chi connectivity index (χ1v) is 9.39. The zero-order valence-electron chi connectivity index (χ0n) is 12.8. The molecule has 1 nitrogen and oxygen atoms in total. The summed E-state index contributed by atoms with van der Waals surface area (Å²) in [5.74, 6) is 0. The lowest BCUT2D eigenvalue weighted by atomic mass is 10.0. The van der Waals surface area contributed by atoms with Crippen molar-refractivity contribution in [1.29, 1.82) is 0 Å². The number of aromatic nitrogens is 1. The number of nitrogens with zero attached hydrogens (tertiary/aromatic N) is 1. The van der Waals surface area contributed by atoms with Crippen LogP contribution in [0.3, 0.4) is 0 Å². The maximum atomic E-state index is 2.29. The van der Waals surface area contributed by atoms with E-state index in [4.69, 9.17) is 0 Å².